The fourth-order valence-electron chi connectivity index (χ4n) is 3.80. The second-order valence-electron chi connectivity index (χ2n) is 7.70. The average Bonchev–Trinajstić information content (AvgIpc) is 3.42. The molecule has 0 spiro atoms. The standard InChI is InChI=1S/C24H17F4N5O/c25-16-7-5-14(6-8-16)19-11-21(24(26,27)28)33-22(31-19)12-20(32-33)23(34)29-10-9-15-13-30-18-4-2-1-3-17(15)18/h1-8,11-13,30H,9-10H2,(H,29,34). The number of amides is 1. The maximum atomic E-state index is 13.7. The van der Waals surface area contributed by atoms with Crippen molar-refractivity contribution in [3.05, 3.63) is 89.6 Å². The van der Waals surface area contributed by atoms with E-state index in [1.54, 1.807) is 0 Å². The van der Waals surface area contributed by atoms with Gasteiger partial charge in [0.25, 0.3) is 5.91 Å². The van der Waals surface area contributed by atoms with Crippen molar-refractivity contribution in [2.75, 3.05) is 6.54 Å². The van der Waals surface area contributed by atoms with Crippen molar-refractivity contribution in [1.82, 2.24) is 24.9 Å². The molecule has 0 radical (unpaired) electrons. The fourth-order valence-corrected chi connectivity index (χ4v) is 3.80. The maximum Gasteiger partial charge on any atom is 0.433 e. The van der Waals surface area contributed by atoms with Gasteiger partial charge in [-0.15, -0.1) is 0 Å². The van der Waals surface area contributed by atoms with Gasteiger partial charge in [-0.3, -0.25) is 4.79 Å². The van der Waals surface area contributed by atoms with Gasteiger partial charge >= 0.3 is 6.18 Å². The van der Waals surface area contributed by atoms with Gasteiger partial charge in [-0.2, -0.15) is 18.3 Å². The molecule has 2 N–H and O–H groups in total. The summed E-state index contributed by atoms with van der Waals surface area (Å²) in [5.74, 6) is -1.13. The van der Waals surface area contributed by atoms with Crippen LogP contribution in [0.2, 0.25) is 0 Å². The number of hydrogen-bond donors (Lipinski definition) is 2. The van der Waals surface area contributed by atoms with E-state index in [0.29, 0.717) is 16.5 Å². The Labute approximate surface area is 190 Å². The van der Waals surface area contributed by atoms with Gasteiger partial charge in [0.05, 0.1) is 5.69 Å². The van der Waals surface area contributed by atoms with Crippen LogP contribution in [-0.2, 0) is 12.6 Å². The zero-order valence-corrected chi connectivity index (χ0v) is 17.5. The molecule has 0 unspecified atom stereocenters. The van der Waals surface area contributed by atoms with Crippen molar-refractivity contribution in [1.29, 1.82) is 0 Å². The Kier molecular flexibility index (Phi) is 5.27. The number of alkyl halides is 3. The molecule has 34 heavy (non-hydrogen) atoms. The van der Waals surface area contributed by atoms with E-state index in [-0.39, 0.29) is 23.6 Å². The zero-order valence-electron chi connectivity index (χ0n) is 17.5. The van der Waals surface area contributed by atoms with Gasteiger partial charge in [0.2, 0.25) is 0 Å². The van der Waals surface area contributed by atoms with E-state index in [1.165, 1.54) is 18.2 Å². The summed E-state index contributed by atoms with van der Waals surface area (Å²) in [4.78, 5) is 20.0. The quantitative estimate of drug-likeness (QED) is 0.357. The van der Waals surface area contributed by atoms with E-state index in [4.69, 9.17) is 0 Å². The Bertz CT molecular complexity index is 1500. The van der Waals surface area contributed by atoms with Crippen LogP contribution in [-0.4, -0.2) is 32.0 Å². The van der Waals surface area contributed by atoms with Crippen molar-refractivity contribution in [3.63, 3.8) is 0 Å². The highest BCUT2D eigenvalue weighted by Gasteiger charge is 2.35. The van der Waals surface area contributed by atoms with Crippen LogP contribution in [0.5, 0.6) is 0 Å². The van der Waals surface area contributed by atoms with Crippen LogP contribution >= 0.6 is 0 Å². The Morgan fingerprint density at radius 1 is 1.06 bits per heavy atom. The molecule has 0 saturated carbocycles. The number of carbonyl (C=O) groups is 1. The van der Waals surface area contributed by atoms with E-state index in [9.17, 15) is 22.4 Å². The molecule has 1 amide bonds. The molecule has 6 nitrogen and oxygen atoms in total. The Morgan fingerprint density at radius 2 is 1.82 bits per heavy atom. The van der Waals surface area contributed by atoms with Gasteiger partial charge in [-0.1, -0.05) is 18.2 Å². The molecule has 5 rings (SSSR count). The minimum absolute atomic E-state index is 0.00832. The lowest BCUT2D eigenvalue weighted by molar-refractivity contribution is -0.142. The van der Waals surface area contributed by atoms with E-state index in [1.807, 2.05) is 30.5 Å². The summed E-state index contributed by atoms with van der Waals surface area (Å²) in [5.41, 5.74) is 0.868. The van der Waals surface area contributed by atoms with Gasteiger partial charge in [0.1, 0.15) is 5.82 Å². The molecule has 0 atom stereocenters. The number of para-hydroxylation sites is 1. The lowest BCUT2D eigenvalue weighted by atomic mass is 10.1. The molecule has 0 fully saturated rings. The smallest absolute Gasteiger partial charge is 0.361 e. The van der Waals surface area contributed by atoms with Crippen LogP contribution in [0, 0.1) is 5.82 Å². The summed E-state index contributed by atoms with van der Waals surface area (Å²) < 4.78 is 55.0. The monoisotopic (exact) mass is 467 g/mol. The topological polar surface area (TPSA) is 75.1 Å². The zero-order chi connectivity index (χ0) is 23.9. The Balaban J connectivity index is 1.41. The molecule has 3 aromatic heterocycles. The molecule has 3 heterocycles. The summed E-state index contributed by atoms with van der Waals surface area (Å²) in [6.07, 6.45) is -2.35. The molecular weight excluding hydrogens is 450 g/mol. The Morgan fingerprint density at radius 3 is 2.59 bits per heavy atom. The van der Waals surface area contributed by atoms with E-state index in [2.05, 4.69) is 20.4 Å². The molecule has 0 aliphatic rings. The predicted octanol–water partition coefficient (Wildman–Crippen LogP) is 5.01. The highest BCUT2D eigenvalue weighted by atomic mass is 19.4. The number of carbonyl (C=O) groups excluding carboxylic acids is 1. The van der Waals surface area contributed by atoms with Gasteiger partial charge in [0.15, 0.2) is 17.0 Å². The minimum Gasteiger partial charge on any atom is -0.361 e. The highest BCUT2D eigenvalue weighted by Crippen LogP contribution is 2.32. The van der Waals surface area contributed by atoms with Crippen LogP contribution in [0.15, 0.2) is 66.9 Å². The lowest BCUT2D eigenvalue weighted by Crippen LogP contribution is -2.26. The molecule has 0 saturated heterocycles. The Hall–Kier alpha value is -4.21. The number of fused-ring (bicyclic) bond motifs is 2. The first kappa shape index (κ1) is 21.6. The van der Waals surface area contributed by atoms with Gasteiger partial charge in [-0.25, -0.2) is 13.9 Å². The van der Waals surface area contributed by atoms with Crippen LogP contribution < -0.4 is 5.32 Å². The molecule has 2 aromatic carbocycles. The summed E-state index contributed by atoms with van der Waals surface area (Å²) in [6, 6.07) is 14.7. The van der Waals surface area contributed by atoms with Crippen LogP contribution in [0.4, 0.5) is 17.6 Å². The molecule has 172 valence electrons. The number of benzene rings is 2. The molecule has 0 aliphatic heterocycles. The number of nitrogens with zero attached hydrogens (tertiary/aromatic N) is 3. The summed E-state index contributed by atoms with van der Waals surface area (Å²) >= 11 is 0. The highest BCUT2D eigenvalue weighted by molar-refractivity contribution is 5.93. The summed E-state index contributed by atoms with van der Waals surface area (Å²) in [5, 5.41) is 7.58. The second-order valence-corrected chi connectivity index (χ2v) is 7.70. The molecule has 0 aliphatic carbocycles. The van der Waals surface area contributed by atoms with Crippen LogP contribution in [0.1, 0.15) is 21.7 Å². The second kappa shape index (κ2) is 8.29. The SMILES string of the molecule is O=C(NCCc1c[nH]c2ccccc12)c1cc2nc(-c3ccc(F)cc3)cc(C(F)(F)F)n2n1. The van der Waals surface area contributed by atoms with E-state index < -0.39 is 23.6 Å². The first-order valence-corrected chi connectivity index (χ1v) is 10.4. The normalized spacial score (nSPS) is 11.9. The number of nitrogens with one attached hydrogen (secondary N) is 2. The predicted molar refractivity (Wildman–Crippen MR) is 118 cm³/mol. The summed E-state index contributed by atoms with van der Waals surface area (Å²) in [6.45, 7) is 0.273. The van der Waals surface area contributed by atoms with Crippen LogP contribution in [0.25, 0.3) is 27.8 Å². The first-order chi connectivity index (χ1) is 16.3. The third-order valence-electron chi connectivity index (χ3n) is 5.45. The minimum atomic E-state index is -4.74. The largest absolute Gasteiger partial charge is 0.433 e. The van der Waals surface area contributed by atoms with Crippen LogP contribution in [0.3, 0.4) is 0 Å². The van der Waals surface area contributed by atoms with Crippen molar-refractivity contribution in [2.45, 2.75) is 12.6 Å². The third-order valence-corrected chi connectivity index (χ3v) is 5.45. The third kappa shape index (κ3) is 4.09. The number of halogens is 4. The average molecular weight is 467 g/mol. The number of H-pyrrole nitrogens is 1. The molecule has 5 aromatic rings. The summed E-state index contributed by atoms with van der Waals surface area (Å²) in [7, 11) is 0. The van der Waals surface area contributed by atoms with Crippen molar-refractivity contribution in [3.8, 4) is 11.3 Å². The van der Waals surface area contributed by atoms with E-state index >= 15 is 0 Å². The first-order valence-electron chi connectivity index (χ1n) is 10.4. The maximum absolute atomic E-state index is 13.7. The van der Waals surface area contributed by atoms with Gasteiger partial charge in [-0.05, 0) is 48.4 Å². The molecule has 0 bridgehead atoms. The van der Waals surface area contributed by atoms with Crippen molar-refractivity contribution >= 4 is 22.5 Å². The van der Waals surface area contributed by atoms with E-state index in [0.717, 1.165) is 34.7 Å². The number of hydrogen-bond acceptors (Lipinski definition) is 3. The number of rotatable bonds is 5. The van der Waals surface area contributed by atoms with Crippen molar-refractivity contribution < 1.29 is 22.4 Å². The molecular formula is C24H17F4N5O. The lowest BCUT2D eigenvalue weighted by Gasteiger charge is -2.11. The molecule has 10 heteroatoms. The van der Waals surface area contributed by atoms with Gasteiger partial charge < -0.3 is 10.3 Å². The fraction of sp³-hybridized carbons (Fsp3) is 0.125. The number of aromatic amines is 1. The number of aromatic nitrogens is 4. The van der Waals surface area contributed by atoms with Crippen molar-refractivity contribution in [2.24, 2.45) is 0 Å². The van der Waals surface area contributed by atoms with Gasteiger partial charge in [0, 0.05) is 35.3 Å².